The number of hydrogen-bond donors (Lipinski definition) is 2. The summed E-state index contributed by atoms with van der Waals surface area (Å²) in [6, 6.07) is 5.81. The summed E-state index contributed by atoms with van der Waals surface area (Å²) in [5, 5.41) is 13.1. The zero-order chi connectivity index (χ0) is 21.6. The molecule has 1 aromatic carbocycles. The summed E-state index contributed by atoms with van der Waals surface area (Å²) in [5.74, 6) is 1.30. The van der Waals surface area contributed by atoms with Gasteiger partial charge in [0, 0.05) is 17.9 Å². The molecule has 1 amide bonds. The molecule has 3 N–H and O–H groups in total. The van der Waals surface area contributed by atoms with E-state index in [4.69, 9.17) is 19.9 Å². The fourth-order valence-electron chi connectivity index (χ4n) is 3.89. The average Bonchev–Trinajstić information content (AvgIpc) is 3.10. The predicted molar refractivity (Wildman–Crippen MR) is 115 cm³/mol. The second-order valence-corrected chi connectivity index (χ2v) is 7.92. The van der Waals surface area contributed by atoms with Crippen molar-refractivity contribution in [3.05, 3.63) is 34.4 Å². The molecule has 0 aliphatic carbocycles. The lowest BCUT2D eigenvalue weighted by molar-refractivity contribution is -0.116. The molecular weight excluding hydrogens is 404 g/mol. The van der Waals surface area contributed by atoms with Crippen molar-refractivity contribution in [2.75, 3.05) is 32.4 Å². The Morgan fingerprint density at radius 1 is 1.23 bits per heavy atom. The van der Waals surface area contributed by atoms with Crippen molar-refractivity contribution in [3.63, 3.8) is 0 Å². The van der Waals surface area contributed by atoms with Gasteiger partial charge < -0.3 is 25.3 Å². The Morgan fingerprint density at radius 2 is 1.90 bits per heavy atom. The molecule has 1 aliphatic heterocycles. The van der Waals surface area contributed by atoms with E-state index in [0.717, 1.165) is 21.4 Å². The lowest BCUT2D eigenvalue weighted by Gasteiger charge is -2.25. The fourth-order valence-corrected chi connectivity index (χ4v) is 5.12. The standard InChI is InChI=1S/C21H20N4O4S/c1-9-12(8-22)20(23)25-17-16-11(7-15(26)24-21(16)30-19(9)17)10-5-13(27-2)18(29-4)14(6-10)28-3/h5-6,11H,7H2,1-4H3,(H2,23,25)(H,24,26). The molecule has 0 saturated carbocycles. The van der Waals surface area contributed by atoms with E-state index >= 15 is 0 Å². The number of methoxy groups -OCH3 is 3. The molecule has 0 radical (unpaired) electrons. The third-order valence-electron chi connectivity index (χ3n) is 5.32. The van der Waals surface area contributed by atoms with Crippen LogP contribution in [-0.2, 0) is 4.79 Å². The van der Waals surface area contributed by atoms with Gasteiger partial charge in [-0.2, -0.15) is 5.26 Å². The van der Waals surface area contributed by atoms with Crippen LogP contribution in [-0.4, -0.2) is 32.2 Å². The van der Waals surface area contributed by atoms with Crippen LogP contribution in [0.1, 0.15) is 34.6 Å². The van der Waals surface area contributed by atoms with Crippen molar-refractivity contribution < 1.29 is 19.0 Å². The molecule has 0 spiro atoms. The maximum absolute atomic E-state index is 12.5. The van der Waals surface area contributed by atoms with E-state index in [1.54, 1.807) is 21.3 Å². The highest BCUT2D eigenvalue weighted by atomic mass is 32.1. The zero-order valence-corrected chi connectivity index (χ0v) is 17.8. The molecule has 1 unspecified atom stereocenters. The highest BCUT2D eigenvalue weighted by Gasteiger charge is 2.33. The topological polar surface area (TPSA) is 119 Å². The number of aromatic nitrogens is 1. The molecule has 2 aromatic heterocycles. The predicted octanol–water partition coefficient (Wildman–Crippen LogP) is 3.56. The second-order valence-electron chi connectivity index (χ2n) is 6.89. The molecule has 1 aliphatic rings. The van der Waals surface area contributed by atoms with Crippen LogP contribution in [0.4, 0.5) is 10.8 Å². The summed E-state index contributed by atoms with van der Waals surface area (Å²) in [6.07, 6.45) is 0.234. The molecular formula is C21H20N4O4S. The van der Waals surface area contributed by atoms with Gasteiger partial charge in [0.25, 0.3) is 0 Å². The number of amides is 1. The van der Waals surface area contributed by atoms with Gasteiger partial charge in [-0.25, -0.2) is 4.98 Å². The number of thiophene rings is 1. The number of fused-ring (bicyclic) bond motifs is 3. The van der Waals surface area contributed by atoms with Crippen LogP contribution in [0.25, 0.3) is 10.2 Å². The smallest absolute Gasteiger partial charge is 0.225 e. The molecule has 30 heavy (non-hydrogen) atoms. The number of nitrogens with two attached hydrogens (primary N) is 1. The Bertz CT molecular complexity index is 1200. The molecule has 0 fully saturated rings. The quantitative estimate of drug-likeness (QED) is 0.657. The number of rotatable bonds is 4. The number of nitriles is 1. The molecule has 9 heteroatoms. The van der Waals surface area contributed by atoms with Crippen LogP contribution >= 0.6 is 11.3 Å². The number of carbonyl (C=O) groups excluding carboxylic acids is 1. The van der Waals surface area contributed by atoms with Gasteiger partial charge in [0.2, 0.25) is 11.7 Å². The first kappa shape index (κ1) is 19.8. The summed E-state index contributed by atoms with van der Waals surface area (Å²) in [5.41, 5.74) is 9.59. The zero-order valence-electron chi connectivity index (χ0n) is 17.0. The number of nitrogens with one attached hydrogen (secondary N) is 1. The number of hydrogen-bond acceptors (Lipinski definition) is 8. The van der Waals surface area contributed by atoms with Gasteiger partial charge in [-0.3, -0.25) is 4.79 Å². The highest BCUT2D eigenvalue weighted by Crippen LogP contribution is 2.50. The Hall–Kier alpha value is -3.51. The van der Waals surface area contributed by atoms with E-state index < -0.39 is 0 Å². The summed E-state index contributed by atoms with van der Waals surface area (Å²) in [4.78, 5) is 17.0. The summed E-state index contributed by atoms with van der Waals surface area (Å²) < 4.78 is 17.2. The second kappa shape index (κ2) is 7.39. The lowest BCUT2D eigenvalue weighted by Crippen LogP contribution is -2.22. The molecule has 154 valence electrons. The first-order chi connectivity index (χ1) is 14.4. The lowest BCUT2D eigenvalue weighted by atomic mass is 9.86. The molecule has 3 heterocycles. The maximum atomic E-state index is 12.5. The number of anilines is 2. The summed E-state index contributed by atoms with van der Waals surface area (Å²) >= 11 is 1.41. The maximum Gasteiger partial charge on any atom is 0.225 e. The van der Waals surface area contributed by atoms with Gasteiger partial charge in [0.15, 0.2) is 11.5 Å². The van der Waals surface area contributed by atoms with Crippen LogP contribution in [0.5, 0.6) is 17.2 Å². The molecule has 0 bridgehead atoms. The molecule has 3 aromatic rings. The van der Waals surface area contributed by atoms with Gasteiger partial charge in [-0.1, -0.05) is 0 Å². The first-order valence-electron chi connectivity index (χ1n) is 9.15. The van der Waals surface area contributed by atoms with E-state index in [9.17, 15) is 10.1 Å². The number of aryl methyl sites for hydroxylation is 1. The van der Waals surface area contributed by atoms with Crippen molar-refractivity contribution in [3.8, 4) is 23.3 Å². The van der Waals surface area contributed by atoms with Gasteiger partial charge in [-0.05, 0) is 30.2 Å². The van der Waals surface area contributed by atoms with E-state index in [0.29, 0.717) is 33.3 Å². The van der Waals surface area contributed by atoms with Gasteiger partial charge in [-0.15, -0.1) is 11.3 Å². The monoisotopic (exact) mass is 424 g/mol. The Labute approximate surface area is 177 Å². The van der Waals surface area contributed by atoms with Gasteiger partial charge >= 0.3 is 0 Å². The largest absolute Gasteiger partial charge is 0.493 e. The normalized spacial score (nSPS) is 15.3. The van der Waals surface area contributed by atoms with Crippen LogP contribution < -0.4 is 25.3 Å². The number of benzene rings is 1. The molecule has 0 saturated heterocycles. The van der Waals surface area contributed by atoms with Crippen molar-refractivity contribution in [2.45, 2.75) is 19.3 Å². The average molecular weight is 424 g/mol. The van der Waals surface area contributed by atoms with Crippen LogP contribution in [0.3, 0.4) is 0 Å². The van der Waals surface area contributed by atoms with E-state index in [2.05, 4.69) is 16.4 Å². The first-order valence-corrected chi connectivity index (χ1v) is 9.97. The van der Waals surface area contributed by atoms with Crippen molar-refractivity contribution in [1.29, 1.82) is 5.26 Å². The minimum absolute atomic E-state index is 0.0982. The molecule has 4 rings (SSSR count). The minimum atomic E-state index is -0.282. The van der Waals surface area contributed by atoms with Crippen LogP contribution in [0, 0.1) is 18.3 Å². The van der Waals surface area contributed by atoms with E-state index in [1.165, 1.54) is 11.3 Å². The minimum Gasteiger partial charge on any atom is -0.493 e. The third kappa shape index (κ3) is 2.88. The Kier molecular flexibility index (Phi) is 4.87. The fraction of sp³-hybridized carbons (Fsp3) is 0.286. The van der Waals surface area contributed by atoms with Crippen molar-refractivity contribution >= 4 is 38.3 Å². The van der Waals surface area contributed by atoms with E-state index in [-0.39, 0.29) is 24.1 Å². The molecule has 8 nitrogen and oxygen atoms in total. The number of nitrogens with zero attached hydrogens (tertiary/aromatic N) is 2. The molecule has 1 atom stereocenters. The van der Waals surface area contributed by atoms with Crippen molar-refractivity contribution in [1.82, 2.24) is 4.98 Å². The number of ether oxygens (including phenoxy) is 3. The van der Waals surface area contributed by atoms with Gasteiger partial charge in [0.05, 0.1) is 37.1 Å². The highest BCUT2D eigenvalue weighted by molar-refractivity contribution is 7.23. The number of nitrogen functional groups attached to an aromatic ring is 1. The SMILES string of the molecule is COc1cc(C2CC(=O)Nc3sc4c(C)c(C#N)c(N)nc4c32)cc(OC)c1OC. The van der Waals surface area contributed by atoms with E-state index in [1.807, 2.05) is 19.1 Å². The summed E-state index contributed by atoms with van der Waals surface area (Å²) in [6.45, 7) is 1.84. The van der Waals surface area contributed by atoms with Crippen LogP contribution in [0.2, 0.25) is 0 Å². The number of pyridine rings is 1. The Balaban J connectivity index is 1.99. The number of carbonyl (C=O) groups is 1. The van der Waals surface area contributed by atoms with Crippen LogP contribution in [0.15, 0.2) is 12.1 Å². The third-order valence-corrected chi connectivity index (χ3v) is 6.54. The van der Waals surface area contributed by atoms with Gasteiger partial charge in [0.1, 0.15) is 16.9 Å². The Morgan fingerprint density at radius 3 is 2.47 bits per heavy atom. The summed E-state index contributed by atoms with van der Waals surface area (Å²) in [7, 11) is 4.64. The van der Waals surface area contributed by atoms with Crippen molar-refractivity contribution in [2.24, 2.45) is 0 Å².